The minimum absolute atomic E-state index is 0.296. The van der Waals surface area contributed by atoms with Gasteiger partial charge in [-0.05, 0) is 13.3 Å². The van der Waals surface area contributed by atoms with Crippen molar-refractivity contribution in [1.82, 2.24) is 19.1 Å². The highest BCUT2D eigenvalue weighted by Crippen LogP contribution is 2.21. The van der Waals surface area contributed by atoms with E-state index in [-0.39, 0.29) is 5.56 Å². The van der Waals surface area contributed by atoms with Crippen LogP contribution in [-0.4, -0.2) is 38.1 Å². The van der Waals surface area contributed by atoms with Crippen molar-refractivity contribution in [3.05, 3.63) is 27.2 Å². The number of nitrogens with zero attached hydrogens (tertiary/aromatic N) is 3. The number of aromatic amines is 1. The molecule has 2 aromatic rings. The van der Waals surface area contributed by atoms with Gasteiger partial charge in [-0.25, -0.2) is 9.78 Å². The molecule has 3 rings (SSSR count). The number of hydrogen-bond donors (Lipinski definition) is 1. The fraction of sp³-hybridized carbons (Fsp3) is 0.643. The predicted octanol–water partition coefficient (Wildman–Crippen LogP) is 0.449. The van der Waals surface area contributed by atoms with Crippen LogP contribution in [-0.2, 0) is 22.6 Å². The van der Waals surface area contributed by atoms with Gasteiger partial charge in [-0.3, -0.25) is 14.3 Å². The highest BCUT2D eigenvalue weighted by atomic mass is 16.7. The quantitative estimate of drug-likeness (QED) is 0.866. The van der Waals surface area contributed by atoms with Crippen molar-refractivity contribution in [2.45, 2.75) is 45.6 Å². The van der Waals surface area contributed by atoms with E-state index in [1.807, 2.05) is 13.8 Å². The van der Waals surface area contributed by atoms with Crippen molar-refractivity contribution < 1.29 is 9.47 Å². The Hall–Kier alpha value is -1.93. The van der Waals surface area contributed by atoms with E-state index in [4.69, 9.17) is 9.47 Å². The van der Waals surface area contributed by atoms with Gasteiger partial charge in [0.25, 0.3) is 5.56 Å². The van der Waals surface area contributed by atoms with E-state index < -0.39 is 11.5 Å². The molecule has 0 spiro atoms. The van der Waals surface area contributed by atoms with Crippen LogP contribution in [0.4, 0.5) is 0 Å². The average Bonchev–Trinajstić information content (AvgIpc) is 3.06. The number of rotatable bonds is 5. The summed E-state index contributed by atoms with van der Waals surface area (Å²) in [7, 11) is 0. The summed E-state index contributed by atoms with van der Waals surface area (Å²) >= 11 is 0. The third kappa shape index (κ3) is 2.59. The zero-order chi connectivity index (χ0) is 15.7. The van der Waals surface area contributed by atoms with E-state index in [9.17, 15) is 9.59 Å². The van der Waals surface area contributed by atoms with Crippen LogP contribution in [0.3, 0.4) is 0 Å². The highest BCUT2D eigenvalue weighted by molar-refractivity contribution is 5.69. The number of ether oxygens (including phenoxy) is 2. The van der Waals surface area contributed by atoms with Crippen LogP contribution in [0, 0.1) is 0 Å². The van der Waals surface area contributed by atoms with Crippen molar-refractivity contribution in [2.24, 2.45) is 0 Å². The van der Waals surface area contributed by atoms with Crippen LogP contribution in [0.25, 0.3) is 11.2 Å². The summed E-state index contributed by atoms with van der Waals surface area (Å²) in [6.07, 6.45) is 3.21. The molecule has 1 aliphatic rings. The zero-order valence-electron chi connectivity index (χ0n) is 12.8. The van der Waals surface area contributed by atoms with E-state index in [0.717, 1.165) is 12.8 Å². The third-order valence-corrected chi connectivity index (χ3v) is 3.85. The SMILES string of the molecule is CCCCn1c(=O)[nH]c2ncn(CC3(C)OCCO3)c2c1=O. The van der Waals surface area contributed by atoms with Gasteiger partial charge in [0.05, 0.1) is 26.1 Å². The molecule has 0 saturated carbocycles. The highest BCUT2D eigenvalue weighted by Gasteiger charge is 2.32. The molecule has 0 amide bonds. The molecule has 8 nitrogen and oxygen atoms in total. The van der Waals surface area contributed by atoms with E-state index in [2.05, 4.69) is 9.97 Å². The number of nitrogens with one attached hydrogen (secondary N) is 1. The lowest BCUT2D eigenvalue weighted by molar-refractivity contribution is -0.151. The van der Waals surface area contributed by atoms with Gasteiger partial charge in [-0.15, -0.1) is 0 Å². The molecule has 8 heteroatoms. The molecular weight excluding hydrogens is 288 g/mol. The number of unbranched alkanes of at least 4 members (excludes halogenated alkanes) is 1. The maximum absolute atomic E-state index is 12.6. The Kier molecular flexibility index (Phi) is 3.88. The molecule has 0 aromatic carbocycles. The second-order valence-electron chi connectivity index (χ2n) is 5.64. The first-order valence-electron chi connectivity index (χ1n) is 7.50. The molecule has 120 valence electrons. The number of hydrogen-bond acceptors (Lipinski definition) is 5. The summed E-state index contributed by atoms with van der Waals surface area (Å²) in [5.74, 6) is -0.773. The average molecular weight is 308 g/mol. The van der Waals surface area contributed by atoms with Crippen LogP contribution in [0.1, 0.15) is 26.7 Å². The van der Waals surface area contributed by atoms with E-state index in [1.54, 1.807) is 4.57 Å². The minimum Gasteiger partial charge on any atom is -0.346 e. The molecular formula is C14H20N4O4. The van der Waals surface area contributed by atoms with Crippen LogP contribution in [0.5, 0.6) is 0 Å². The van der Waals surface area contributed by atoms with E-state index in [1.165, 1.54) is 10.9 Å². The van der Waals surface area contributed by atoms with Crippen molar-refractivity contribution in [2.75, 3.05) is 13.2 Å². The molecule has 22 heavy (non-hydrogen) atoms. The summed E-state index contributed by atoms with van der Waals surface area (Å²) in [4.78, 5) is 31.4. The monoisotopic (exact) mass is 308 g/mol. The van der Waals surface area contributed by atoms with Gasteiger partial charge in [0, 0.05) is 6.54 Å². The van der Waals surface area contributed by atoms with Gasteiger partial charge in [-0.2, -0.15) is 0 Å². The number of H-pyrrole nitrogens is 1. The molecule has 0 radical (unpaired) electrons. The van der Waals surface area contributed by atoms with Gasteiger partial charge in [-0.1, -0.05) is 13.3 Å². The largest absolute Gasteiger partial charge is 0.346 e. The Bertz CT molecular complexity index is 782. The smallest absolute Gasteiger partial charge is 0.330 e. The maximum atomic E-state index is 12.6. The Morgan fingerprint density at radius 3 is 2.77 bits per heavy atom. The van der Waals surface area contributed by atoms with Gasteiger partial charge in [0.1, 0.15) is 0 Å². The lowest BCUT2D eigenvalue weighted by Crippen LogP contribution is -2.37. The topological polar surface area (TPSA) is 91.1 Å². The first-order chi connectivity index (χ1) is 10.5. The summed E-state index contributed by atoms with van der Waals surface area (Å²) in [5.41, 5.74) is -0.0811. The normalized spacial score (nSPS) is 17.4. The molecule has 0 unspecified atom stereocenters. The van der Waals surface area contributed by atoms with Gasteiger partial charge in [0.2, 0.25) is 0 Å². The fourth-order valence-corrected chi connectivity index (χ4v) is 2.68. The fourth-order valence-electron chi connectivity index (χ4n) is 2.68. The van der Waals surface area contributed by atoms with Crippen LogP contribution >= 0.6 is 0 Å². The van der Waals surface area contributed by atoms with Crippen molar-refractivity contribution >= 4 is 11.2 Å². The summed E-state index contributed by atoms with van der Waals surface area (Å²) in [6, 6.07) is 0. The van der Waals surface area contributed by atoms with Gasteiger partial charge in [0.15, 0.2) is 17.0 Å². The molecule has 0 atom stereocenters. The standard InChI is InChI=1S/C14H20N4O4/c1-3-4-5-18-12(19)10-11(16-13(18)20)15-9-17(10)8-14(2)21-6-7-22-14/h9H,3-8H2,1-2H3,(H,16,20). The third-order valence-electron chi connectivity index (χ3n) is 3.85. The van der Waals surface area contributed by atoms with Crippen molar-refractivity contribution in [3.8, 4) is 0 Å². The van der Waals surface area contributed by atoms with Crippen LogP contribution in [0.2, 0.25) is 0 Å². The first-order valence-corrected chi connectivity index (χ1v) is 7.50. The first kappa shape index (κ1) is 15.0. The summed E-state index contributed by atoms with van der Waals surface area (Å²) < 4.78 is 14.0. The van der Waals surface area contributed by atoms with E-state index in [0.29, 0.717) is 37.5 Å². The Morgan fingerprint density at radius 1 is 1.36 bits per heavy atom. The lowest BCUT2D eigenvalue weighted by atomic mass is 10.3. The maximum Gasteiger partial charge on any atom is 0.330 e. The van der Waals surface area contributed by atoms with Crippen molar-refractivity contribution in [3.63, 3.8) is 0 Å². The lowest BCUT2D eigenvalue weighted by Gasteiger charge is -2.22. The molecule has 1 N–H and O–H groups in total. The second-order valence-corrected chi connectivity index (χ2v) is 5.64. The molecule has 0 aliphatic carbocycles. The molecule has 1 aliphatic heterocycles. The van der Waals surface area contributed by atoms with Crippen LogP contribution in [0.15, 0.2) is 15.9 Å². The van der Waals surface area contributed by atoms with Crippen molar-refractivity contribution in [1.29, 1.82) is 0 Å². The Labute approximate surface area is 126 Å². The molecule has 2 aromatic heterocycles. The zero-order valence-corrected chi connectivity index (χ0v) is 12.8. The Morgan fingerprint density at radius 2 is 2.09 bits per heavy atom. The van der Waals surface area contributed by atoms with Crippen LogP contribution < -0.4 is 11.2 Å². The summed E-state index contributed by atoms with van der Waals surface area (Å²) in [6.45, 7) is 5.64. The predicted molar refractivity (Wildman–Crippen MR) is 79.8 cm³/mol. The number of imidazole rings is 1. The molecule has 1 saturated heterocycles. The van der Waals surface area contributed by atoms with Gasteiger partial charge >= 0.3 is 5.69 Å². The molecule has 0 bridgehead atoms. The second kappa shape index (κ2) is 5.69. The molecule has 3 heterocycles. The number of aromatic nitrogens is 4. The Balaban J connectivity index is 2.05. The number of fused-ring (bicyclic) bond motifs is 1. The molecule has 1 fully saturated rings. The van der Waals surface area contributed by atoms with Gasteiger partial charge < -0.3 is 14.0 Å². The summed E-state index contributed by atoms with van der Waals surface area (Å²) in [5, 5.41) is 0. The minimum atomic E-state index is -0.773. The van der Waals surface area contributed by atoms with E-state index >= 15 is 0 Å².